The highest BCUT2D eigenvalue weighted by Gasteiger charge is 2.29. The molecule has 0 unspecified atom stereocenters. The molecule has 2 N–H and O–H groups in total. The fraction of sp³-hybridized carbons (Fsp3) is 0.0714. The highest BCUT2D eigenvalue weighted by atomic mass is 19.4. The second-order valence-corrected chi connectivity index (χ2v) is 4.00. The smallest absolute Gasteiger partial charge is 0.416 e. The number of alkyl halides is 3. The number of phenols is 1. The van der Waals surface area contributed by atoms with Crippen LogP contribution in [0.1, 0.15) is 11.1 Å². The van der Waals surface area contributed by atoms with Gasteiger partial charge in [-0.2, -0.15) is 18.3 Å². The van der Waals surface area contributed by atoms with E-state index in [0.29, 0.717) is 11.3 Å². The third kappa shape index (κ3) is 3.50. The molecule has 3 nitrogen and oxygen atoms in total. The summed E-state index contributed by atoms with van der Waals surface area (Å²) in [5.41, 5.74) is 2.80. The number of rotatable bonds is 3. The molecule has 0 aromatic heterocycles. The molecular weight excluding hydrogens is 269 g/mol. The Hall–Kier alpha value is -2.50. The number of aromatic hydroxyl groups is 1. The average molecular weight is 280 g/mol. The van der Waals surface area contributed by atoms with Gasteiger partial charge in [0.15, 0.2) is 0 Å². The Balaban J connectivity index is 2.03. The minimum Gasteiger partial charge on any atom is -0.507 e. The number of benzene rings is 2. The standard InChI is InChI=1S/C14H11F3N2O/c15-14(16,17)11-5-7-12(8-6-11)19-18-9-10-3-1-2-4-13(10)20/h1-9,19-20H. The number of hydrogen-bond donors (Lipinski definition) is 2. The highest BCUT2D eigenvalue weighted by Crippen LogP contribution is 2.29. The molecule has 2 aromatic carbocycles. The molecule has 0 bridgehead atoms. The van der Waals surface area contributed by atoms with Crippen LogP contribution in [0, 0.1) is 0 Å². The van der Waals surface area contributed by atoms with E-state index >= 15 is 0 Å². The van der Waals surface area contributed by atoms with Crippen LogP contribution in [0.25, 0.3) is 0 Å². The van der Waals surface area contributed by atoms with Gasteiger partial charge in [-0.3, -0.25) is 5.43 Å². The van der Waals surface area contributed by atoms with Crippen molar-refractivity contribution in [1.82, 2.24) is 0 Å². The van der Waals surface area contributed by atoms with Crippen LogP contribution in [0.15, 0.2) is 53.6 Å². The van der Waals surface area contributed by atoms with E-state index in [-0.39, 0.29) is 5.75 Å². The van der Waals surface area contributed by atoms with Crippen molar-refractivity contribution in [3.63, 3.8) is 0 Å². The molecule has 0 fully saturated rings. The van der Waals surface area contributed by atoms with Crippen molar-refractivity contribution in [2.45, 2.75) is 6.18 Å². The van der Waals surface area contributed by atoms with Crippen LogP contribution in [0.2, 0.25) is 0 Å². The summed E-state index contributed by atoms with van der Waals surface area (Å²) >= 11 is 0. The van der Waals surface area contributed by atoms with Gasteiger partial charge in [-0.15, -0.1) is 0 Å². The van der Waals surface area contributed by atoms with E-state index < -0.39 is 11.7 Å². The molecule has 20 heavy (non-hydrogen) atoms. The maximum Gasteiger partial charge on any atom is 0.416 e. The molecule has 0 spiro atoms. The zero-order valence-electron chi connectivity index (χ0n) is 10.2. The van der Waals surface area contributed by atoms with Gasteiger partial charge in [-0.05, 0) is 36.4 Å². The summed E-state index contributed by atoms with van der Waals surface area (Å²) in [6.07, 6.45) is -2.97. The SMILES string of the molecule is Oc1ccccc1C=NNc1ccc(C(F)(F)F)cc1. The lowest BCUT2D eigenvalue weighted by atomic mass is 10.2. The lowest BCUT2D eigenvalue weighted by Crippen LogP contribution is -2.04. The van der Waals surface area contributed by atoms with Crippen molar-refractivity contribution in [3.05, 3.63) is 59.7 Å². The van der Waals surface area contributed by atoms with Gasteiger partial charge in [0.05, 0.1) is 17.5 Å². The zero-order chi connectivity index (χ0) is 14.6. The minimum atomic E-state index is -4.35. The van der Waals surface area contributed by atoms with Gasteiger partial charge < -0.3 is 5.11 Å². The summed E-state index contributed by atoms with van der Waals surface area (Å²) in [7, 11) is 0. The molecule has 0 aliphatic rings. The van der Waals surface area contributed by atoms with Gasteiger partial charge in [-0.1, -0.05) is 12.1 Å². The van der Waals surface area contributed by atoms with Crippen LogP contribution >= 0.6 is 0 Å². The number of anilines is 1. The van der Waals surface area contributed by atoms with E-state index in [2.05, 4.69) is 10.5 Å². The van der Waals surface area contributed by atoms with Gasteiger partial charge in [0, 0.05) is 5.56 Å². The summed E-state index contributed by atoms with van der Waals surface area (Å²) in [5.74, 6) is 0.0745. The highest BCUT2D eigenvalue weighted by molar-refractivity contribution is 5.83. The monoisotopic (exact) mass is 280 g/mol. The van der Waals surface area contributed by atoms with E-state index in [1.165, 1.54) is 24.4 Å². The normalized spacial score (nSPS) is 11.8. The predicted octanol–water partition coefficient (Wildman–Crippen LogP) is 3.86. The van der Waals surface area contributed by atoms with E-state index in [4.69, 9.17) is 0 Å². The van der Waals surface area contributed by atoms with Crippen molar-refractivity contribution in [3.8, 4) is 5.75 Å². The number of halogens is 3. The topological polar surface area (TPSA) is 44.6 Å². The predicted molar refractivity (Wildman–Crippen MR) is 70.8 cm³/mol. The van der Waals surface area contributed by atoms with E-state index in [1.807, 2.05) is 0 Å². The van der Waals surface area contributed by atoms with Crippen molar-refractivity contribution in [1.29, 1.82) is 0 Å². The van der Waals surface area contributed by atoms with Gasteiger partial charge in [0.2, 0.25) is 0 Å². The fourth-order valence-electron chi connectivity index (χ4n) is 1.51. The number of para-hydroxylation sites is 1. The molecule has 104 valence electrons. The molecule has 6 heteroatoms. The first kappa shape index (κ1) is 13.9. The molecule has 0 radical (unpaired) electrons. The summed E-state index contributed by atoms with van der Waals surface area (Å²) in [4.78, 5) is 0. The van der Waals surface area contributed by atoms with Crippen LogP contribution in [0.3, 0.4) is 0 Å². The molecular formula is C14H11F3N2O. The Morgan fingerprint density at radius 3 is 2.25 bits per heavy atom. The van der Waals surface area contributed by atoms with Crippen molar-refractivity contribution in [2.24, 2.45) is 5.10 Å². The van der Waals surface area contributed by atoms with E-state index in [1.54, 1.807) is 18.2 Å². The minimum absolute atomic E-state index is 0.0745. The first-order chi connectivity index (χ1) is 9.47. The third-order valence-corrected chi connectivity index (χ3v) is 2.55. The summed E-state index contributed by atoms with van der Waals surface area (Å²) in [5, 5.41) is 13.3. The lowest BCUT2D eigenvalue weighted by molar-refractivity contribution is -0.137. The van der Waals surface area contributed by atoms with Crippen LogP contribution in [-0.2, 0) is 6.18 Å². The zero-order valence-corrected chi connectivity index (χ0v) is 10.2. The molecule has 0 amide bonds. The maximum atomic E-state index is 12.4. The van der Waals surface area contributed by atoms with Crippen LogP contribution in [0.5, 0.6) is 5.75 Å². The second kappa shape index (κ2) is 5.64. The maximum absolute atomic E-state index is 12.4. The van der Waals surface area contributed by atoms with Crippen molar-refractivity contribution < 1.29 is 18.3 Å². The Morgan fingerprint density at radius 2 is 1.65 bits per heavy atom. The largest absolute Gasteiger partial charge is 0.507 e. The summed E-state index contributed by atoms with van der Waals surface area (Å²) in [6.45, 7) is 0. The van der Waals surface area contributed by atoms with Gasteiger partial charge >= 0.3 is 6.18 Å². The number of nitrogens with zero attached hydrogens (tertiary/aromatic N) is 1. The summed E-state index contributed by atoms with van der Waals surface area (Å²) < 4.78 is 37.1. The quantitative estimate of drug-likeness (QED) is 0.662. The first-order valence-corrected chi connectivity index (χ1v) is 5.71. The van der Waals surface area contributed by atoms with Crippen molar-refractivity contribution in [2.75, 3.05) is 5.43 Å². The Morgan fingerprint density at radius 1 is 1.00 bits per heavy atom. The molecule has 0 aliphatic heterocycles. The Kier molecular flexibility index (Phi) is 3.93. The second-order valence-electron chi connectivity index (χ2n) is 4.00. The van der Waals surface area contributed by atoms with Crippen LogP contribution < -0.4 is 5.43 Å². The molecule has 2 rings (SSSR count). The molecule has 0 saturated carbocycles. The molecule has 0 saturated heterocycles. The Labute approximate surface area is 113 Å². The molecule has 0 aliphatic carbocycles. The number of nitrogens with one attached hydrogen (secondary N) is 1. The van der Waals surface area contributed by atoms with E-state index in [9.17, 15) is 18.3 Å². The number of hydrogen-bond acceptors (Lipinski definition) is 3. The third-order valence-electron chi connectivity index (χ3n) is 2.55. The fourth-order valence-corrected chi connectivity index (χ4v) is 1.51. The lowest BCUT2D eigenvalue weighted by Gasteiger charge is -2.07. The Bertz CT molecular complexity index is 607. The number of hydrazone groups is 1. The molecule has 0 heterocycles. The van der Waals surface area contributed by atoms with Crippen LogP contribution in [-0.4, -0.2) is 11.3 Å². The van der Waals surface area contributed by atoms with Crippen molar-refractivity contribution >= 4 is 11.9 Å². The van der Waals surface area contributed by atoms with Gasteiger partial charge in [0.1, 0.15) is 5.75 Å². The molecule has 2 aromatic rings. The van der Waals surface area contributed by atoms with E-state index in [0.717, 1.165) is 12.1 Å². The van der Waals surface area contributed by atoms with Crippen LogP contribution in [0.4, 0.5) is 18.9 Å². The number of phenolic OH excluding ortho intramolecular Hbond substituents is 1. The van der Waals surface area contributed by atoms with Gasteiger partial charge in [0.25, 0.3) is 0 Å². The van der Waals surface area contributed by atoms with Gasteiger partial charge in [-0.25, -0.2) is 0 Å². The first-order valence-electron chi connectivity index (χ1n) is 5.71. The molecule has 0 atom stereocenters. The summed E-state index contributed by atoms with van der Waals surface area (Å²) in [6, 6.07) is 11.1. The average Bonchev–Trinajstić information content (AvgIpc) is 2.40.